The maximum absolute atomic E-state index is 5.61. The maximum atomic E-state index is 5.61. The van der Waals surface area contributed by atoms with Crippen molar-refractivity contribution in [1.82, 2.24) is 5.16 Å². The quantitative estimate of drug-likeness (QED) is 0.814. The molecule has 2 N–H and O–H groups in total. The van der Waals surface area contributed by atoms with Crippen LogP contribution in [0.3, 0.4) is 0 Å². The molecule has 2 aromatic rings. The molecule has 1 aliphatic rings. The van der Waals surface area contributed by atoms with E-state index in [1.54, 1.807) is 6.07 Å². The van der Waals surface area contributed by atoms with Gasteiger partial charge in [0.2, 0.25) is 5.88 Å². The van der Waals surface area contributed by atoms with Crippen LogP contribution in [0.25, 0.3) is 11.3 Å². The fourth-order valence-corrected chi connectivity index (χ4v) is 1.95. The summed E-state index contributed by atoms with van der Waals surface area (Å²) < 4.78 is 16.0. The molecule has 0 atom stereocenters. The predicted molar refractivity (Wildman–Crippen MR) is 62.1 cm³/mol. The molecule has 0 spiro atoms. The summed E-state index contributed by atoms with van der Waals surface area (Å²) >= 11 is 0. The SMILES string of the molecule is Cc1c(-c2cc(N)on2)ccc2c1OCCO2. The van der Waals surface area contributed by atoms with E-state index in [1.165, 1.54) is 0 Å². The number of anilines is 1. The molecule has 0 amide bonds. The Labute approximate surface area is 98.1 Å². The molecule has 5 heteroatoms. The van der Waals surface area contributed by atoms with Crippen molar-refractivity contribution < 1.29 is 14.0 Å². The van der Waals surface area contributed by atoms with Crippen molar-refractivity contribution in [2.24, 2.45) is 0 Å². The Bertz CT molecular complexity index is 563. The third-order valence-corrected chi connectivity index (χ3v) is 2.76. The predicted octanol–water partition coefficient (Wildman–Crippen LogP) is 2.00. The number of aromatic nitrogens is 1. The molecular formula is C12H12N2O3. The number of hydrogen-bond donors (Lipinski definition) is 1. The van der Waals surface area contributed by atoms with Gasteiger partial charge in [-0.2, -0.15) is 0 Å². The van der Waals surface area contributed by atoms with E-state index in [-0.39, 0.29) is 0 Å². The molecule has 0 saturated carbocycles. The first-order valence-electron chi connectivity index (χ1n) is 5.37. The van der Waals surface area contributed by atoms with Gasteiger partial charge in [0.05, 0.1) is 0 Å². The molecule has 88 valence electrons. The zero-order valence-electron chi connectivity index (χ0n) is 9.40. The highest BCUT2D eigenvalue weighted by Gasteiger charge is 2.18. The third-order valence-electron chi connectivity index (χ3n) is 2.76. The summed E-state index contributed by atoms with van der Waals surface area (Å²) in [5, 5.41) is 3.90. The normalized spacial score (nSPS) is 13.7. The molecule has 0 unspecified atom stereocenters. The lowest BCUT2D eigenvalue weighted by molar-refractivity contribution is 0.170. The van der Waals surface area contributed by atoms with Crippen molar-refractivity contribution in [3.05, 3.63) is 23.8 Å². The van der Waals surface area contributed by atoms with Crippen molar-refractivity contribution >= 4 is 5.88 Å². The zero-order valence-corrected chi connectivity index (χ0v) is 9.40. The van der Waals surface area contributed by atoms with Gasteiger partial charge in [-0.25, -0.2) is 0 Å². The van der Waals surface area contributed by atoms with Gasteiger partial charge < -0.3 is 19.7 Å². The van der Waals surface area contributed by atoms with Crippen LogP contribution in [-0.2, 0) is 0 Å². The fraction of sp³-hybridized carbons (Fsp3) is 0.250. The second kappa shape index (κ2) is 3.69. The number of hydrogen-bond acceptors (Lipinski definition) is 5. The number of nitrogen functional groups attached to an aromatic ring is 1. The molecule has 0 radical (unpaired) electrons. The molecule has 17 heavy (non-hydrogen) atoms. The molecular weight excluding hydrogens is 220 g/mol. The van der Waals surface area contributed by atoms with Gasteiger partial charge in [0, 0.05) is 17.2 Å². The summed E-state index contributed by atoms with van der Waals surface area (Å²) in [4.78, 5) is 0. The number of rotatable bonds is 1. The summed E-state index contributed by atoms with van der Waals surface area (Å²) in [6.07, 6.45) is 0. The summed E-state index contributed by atoms with van der Waals surface area (Å²) in [7, 11) is 0. The van der Waals surface area contributed by atoms with Crippen LogP contribution in [0.2, 0.25) is 0 Å². The number of benzene rings is 1. The second-order valence-corrected chi connectivity index (χ2v) is 3.88. The highest BCUT2D eigenvalue weighted by molar-refractivity contribution is 5.70. The Hall–Kier alpha value is -2.17. The van der Waals surface area contributed by atoms with Gasteiger partial charge in [-0.05, 0) is 19.1 Å². The van der Waals surface area contributed by atoms with Crippen LogP contribution in [0.4, 0.5) is 5.88 Å². The number of nitrogens with two attached hydrogens (primary N) is 1. The number of ether oxygens (including phenoxy) is 2. The van der Waals surface area contributed by atoms with Crippen LogP contribution in [0, 0.1) is 6.92 Å². The van der Waals surface area contributed by atoms with Crippen molar-refractivity contribution in [3.63, 3.8) is 0 Å². The van der Waals surface area contributed by atoms with Gasteiger partial charge in [-0.15, -0.1) is 0 Å². The van der Waals surface area contributed by atoms with Crippen LogP contribution in [0.5, 0.6) is 11.5 Å². The average Bonchev–Trinajstić information content (AvgIpc) is 2.77. The van der Waals surface area contributed by atoms with Crippen LogP contribution < -0.4 is 15.2 Å². The second-order valence-electron chi connectivity index (χ2n) is 3.88. The molecule has 0 saturated heterocycles. The summed E-state index contributed by atoms with van der Waals surface area (Å²) in [5.74, 6) is 1.85. The highest BCUT2D eigenvalue weighted by Crippen LogP contribution is 2.39. The van der Waals surface area contributed by atoms with Crippen molar-refractivity contribution in [1.29, 1.82) is 0 Å². The minimum absolute atomic E-state index is 0.300. The minimum Gasteiger partial charge on any atom is -0.486 e. The van der Waals surface area contributed by atoms with E-state index in [9.17, 15) is 0 Å². The number of nitrogens with zero attached hydrogens (tertiary/aromatic N) is 1. The van der Waals surface area contributed by atoms with Crippen LogP contribution in [0.1, 0.15) is 5.56 Å². The molecule has 0 bridgehead atoms. The lowest BCUT2D eigenvalue weighted by Gasteiger charge is -2.21. The maximum Gasteiger partial charge on any atom is 0.222 e. The third kappa shape index (κ3) is 1.60. The molecule has 1 aromatic heterocycles. The Morgan fingerprint density at radius 1 is 1.24 bits per heavy atom. The van der Waals surface area contributed by atoms with Gasteiger partial charge in [-0.1, -0.05) is 5.16 Å². The first-order valence-corrected chi connectivity index (χ1v) is 5.37. The molecule has 0 fully saturated rings. The van der Waals surface area contributed by atoms with E-state index >= 15 is 0 Å². The lowest BCUT2D eigenvalue weighted by atomic mass is 10.0. The van der Waals surface area contributed by atoms with E-state index in [0.717, 1.165) is 22.6 Å². The van der Waals surface area contributed by atoms with Gasteiger partial charge in [0.15, 0.2) is 11.5 Å². The topological polar surface area (TPSA) is 70.5 Å². The first-order chi connectivity index (χ1) is 8.25. The monoisotopic (exact) mass is 232 g/mol. The lowest BCUT2D eigenvalue weighted by Crippen LogP contribution is -2.16. The molecule has 5 nitrogen and oxygen atoms in total. The van der Waals surface area contributed by atoms with Crippen molar-refractivity contribution in [2.75, 3.05) is 18.9 Å². The molecule has 3 rings (SSSR count). The fourth-order valence-electron chi connectivity index (χ4n) is 1.95. The largest absolute Gasteiger partial charge is 0.486 e. The Kier molecular flexibility index (Phi) is 2.18. The van der Waals surface area contributed by atoms with Crippen molar-refractivity contribution in [3.8, 4) is 22.8 Å². The molecule has 1 aromatic carbocycles. The van der Waals surface area contributed by atoms with Crippen LogP contribution in [-0.4, -0.2) is 18.4 Å². The smallest absolute Gasteiger partial charge is 0.222 e. The summed E-state index contributed by atoms with van der Waals surface area (Å²) in [6, 6.07) is 5.50. The van der Waals surface area contributed by atoms with E-state index in [0.29, 0.717) is 24.8 Å². The van der Waals surface area contributed by atoms with Crippen LogP contribution in [0.15, 0.2) is 22.7 Å². The first kappa shape index (κ1) is 10.0. The average molecular weight is 232 g/mol. The summed E-state index contributed by atoms with van der Waals surface area (Å²) in [5.41, 5.74) is 8.15. The van der Waals surface area contributed by atoms with E-state index in [1.807, 2.05) is 19.1 Å². The highest BCUT2D eigenvalue weighted by atomic mass is 16.6. The Balaban J connectivity index is 2.12. The Morgan fingerprint density at radius 2 is 2.06 bits per heavy atom. The molecule has 0 aliphatic carbocycles. The van der Waals surface area contributed by atoms with Gasteiger partial charge in [0.1, 0.15) is 18.9 Å². The van der Waals surface area contributed by atoms with E-state index in [4.69, 9.17) is 19.7 Å². The van der Waals surface area contributed by atoms with E-state index < -0.39 is 0 Å². The van der Waals surface area contributed by atoms with Gasteiger partial charge >= 0.3 is 0 Å². The van der Waals surface area contributed by atoms with Crippen LogP contribution >= 0.6 is 0 Å². The Morgan fingerprint density at radius 3 is 2.82 bits per heavy atom. The standard InChI is InChI=1S/C12H12N2O3/c1-7-8(9-6-11(13)17-14-9)2-3-10-12(7)16-5-4-15-10/h2-3,6H,4-5,13H2,1H3. The minimum atomic E-state index is 0.300. The van der Waals surface area contributed by atoms with Crippen molar-refractivity contribution in [2.45, 2.75) is 6.92 Å². The zero-order chi connectivity index (χ0) is 11.8. The van der Waals surface area contributed by atoms with E-state index in [2.05, 4.69) is 5.16 Å². The summed E-state index contributed by atoms with van der Waals surface area (Å²) in [6.45, 7) is 3.12. The molecule has 2 heterocycles. The van der Waals surface area contributed by atoms with Gasteiger partial charge in [-0.3, -0.25) is 0 Å². The molecule has 1 aliphatic heterocycles. The van der Waals surface area contributed by atoms with Gasteiger partial charge in [0.25, 0.3) is 0 Å². The number of fused-ring (bicyclic) bond motifs is 1.